The van der Waals surface area contributed by atoms with E-state index in [9.17, 15) is 14.7 Å². The van der Waals surface area contributed by atoms with Gasteiger partial charge in [0.25, 0.3) is 0 Å². The highest BCUT2D eigenvalue weighted by atomic mass is 16.5. The van der Waals surface area contributed by atoms with Crippen LogP contribution >= 0.6 is 0 Å². The summed E-state index contributed by atoms with van der Waals surface area (Å²) in [6, 6.07) is -0.985. The van der Waals surface area contributed by atoms with E-state index in [1.54, 1.807) is 18.9 Å². The summed E-state index contributed by atoms with van der Waals surface area (Å²) in [5, 5.41) is 11.9. The zero-order chi connectivity index (χ0) is 13.7. The Balaban J connectivity index is 2.57. The average molecular weight is 258 g/mol. The average Bonchev–Trinajstić information content (AvgIpc) is 2.70. The van der Waals surface area contributed by atoms with E-state index in [0.29, 0.717) is 19.7 Å². The van der Waals surface area contributed by atoms with Crippen molar-refractivity contribution in [3.05, 3.63) is 0 Å². The summed E-state index contributed by atoms with van der Waals surface area (Å²) < 4.78 is 4.85. The Labute approximate surface area is 107 Å². The molecule has 0 spiro atoms. The molecule has 0 aromatic heterocycles. The smallest absolute Gasteiger partial charge is 0.321 e. The summed E-state index contributed by atoms with van der Waals surface area (Å²) in [5.41, 5.74) is 0. The third-order valence-electron chi connectivity index (χ3n) is 3.47. The maximum Gasteiger partial charge on any atom is 0.321 e. The summed E-state index contributed by atoms with van der Waals surface area (Å²) in [6.07, 6.45) is 0.812. The first-order valence-corrected chi connectivity index (χ1v) is 6.24. The number of methoxy groups -OCH3 is 1. The number of carboxylic acid groups (broad SMARTS) is 1. The Morgan fingerprint density at radius 1 is 1.56 bits per heavy atom. The van der Waals surface area contributed by atoms with Crippen LogP contribution in [0.5, 0.6) is 0 Å². The van der Waals surface area contributed by atoms with E-state index in [1.165, 1.54) is 0 Å². The van der Waals surface area contributed by atoms with Crippen LogP contribution in [0, 0.1) is 5.92 Å². The van der Waals surface area contributed by atoms with Crippen LogP contribution in [0.25, 0.3) is 0 Å². The van der Waals surface area contributed by atoms with Gasteiger partial charge in [-0.15, -0.1) is 0 Å². The van der Waals surface area contributed by atoms with Crippen molar-refractivity contribution in [3.63, 3.8) is 0 Å². The summed E-state index contributed by atoms with van der Waals surface area (Å²) in [6.45, 7) is 5.21. The molecular weight excluding hydrogens is 236 g/mol. The lowest BCUT2D eigenvalue weighted by Gasteiger charge is -2.28. The second-order valence-electron chi connectivity index (χ2n) is 4.75. The highest BCUT2D eigenvalue weighted by Gasteiger charge is 2.40. The quantitative estimate of drug-likeness (QED) is 0.652. The predicted molar refractivity (Wildman–Crippen MR) is 66.3 cm³/mol. The molecule has 1 aliphatic rings. The highest BCUT2D eigenvalue weighted by molar-refractivity contribution is 5.83. The van der Waals surface area contributed by atoms with Crippen LogP contribution in [0.1, 0.15) is 20.3 Å². The topological polar surface area (TPSA) is 78.9 Å². The van der Waals surface area contributed by atoms with Crippen molar-refractivity contribution < 1.29 is 19.4 Å². The number of rotatable bonds is 6. The fraction of sp³-hybridized carbons (Fsp3) is 0.833. The van der Waals surface area contributed by atoms with E-state index in [1.807, 2.05) is 6.92 Å². The monoisotopic (exact) mass is 258 g/mol. The van der Waals surface area contributed by atoms with Gasteiger partial charge in [0.1, 0.15) is 6.04 Å². The van der Waals surface area contributed by atoms with E-state index in [4.69, 9.17) is 4.74 Å². The predicted octanol–water partition coefficient (Wildman–Crippen LogP) is -0.0675. The molecule has 0 aromatic carbocycles. The molecule has 104 valence electrons. The van der Waals surface area contributed by atoms with Crippen molar-refractivity contribution in [1.82, 2.24) is 10.2 Å². The number of hydrogen-bond donors (Lipinski definition) is 2. The van der Waals surface area contributed by atoms with E-state index < -0.39 is 18.1 Å². The van der Waals surface area contributed by atoms with Crippen molar-refractivity contribution in [1.29, 1.82) is 0 Å². The van der Waals surface area contributed by atoms with Crippen LogP contribution in [-0.4, -0.2) is 60.8 Å². The summed E-state index contributed by atoms with van der Waals surface area (Å²) in [5.74, 6) is -0.916. The zero-order valence-corrected chi connectivity index (χ0v) is 11.2. The van der Waals surface area contributed by atoms with Gasteiger partial charge in [-0.2, -0.15) is 0 Å². The second-order valence-corrected chi connectivity index (χ2v) is 4.75. The van der Waals surface area contributed by atoms with Gasteiger partial charge in [-0.3, -0.25) is 14.5 Å². The molecule has 1 rings (SSSR count). The van der Waals surface area contributed by atoms with Crippen LogP contribution in [0.2, 0.25) is 0 Å². The molecule has 0 radical (unpaired) electrons. The molecule has 1 aliphatic heterocycles. The third-order valence-corrected chi connectivity index (χ3v) is 3.47. The van der Waals surface area contributed by atoms with Gasteiger partial charge in [-0.05, 0) is 19.3 Å². The standard InChI is InChI=1S/C12H22N2O4/c1-8-4-6-14(10(8)12(16)17)9(2)11(15)13-5-7-18-3/h8-10H,4-7H2,1-3H3,(H,13,15)(H,16,17). The molecule has 6 heteroatoms. The van der Waals surface area contributed by atoms with Gasteiger partial charge >= 0.3 is 5.97 Å². The minimum atomic E-state index is -0.850. The number of nitrogens with one attached hydrogen (secondary N) is 1. The lowest BCUT2D eigenvalue weighted by Crippen LogP contribution is -2.51. The number of aliphatic carboxylic acids is 1. The largest absolute Gasteiger partial charge is 0.480 e. The number of carboxylic acids is 1. The first kappa shape index (κ1) is 14.9. The molecule has 0 saturated carbocycles. The normalized spacial score (nSPS) is 25.9. The first-order chi connectivity index (χ1) is 8.49. The lowest BCUT2D eigenvalue weighted by atomic mass is 10.0. The number of nitrogens with zero attached hydrogens (tertiary/aromatic N) is 1. The molecule has 3 unspecified atom stereocenters. The molecular formula is C12H22N2O4. The number of ether oxygens (including phenoxy) is 1. The Morgan fingerprint density at radius 3 is 2.78 bits per heavy atom. The molecule has 0 aromatic rings. The van der Waals surface area contributed by atoms with Crippen LogP contribution in [0.3, 0.4) is 0 Å². The van der Waals surface area contributed by atoms with Crippen LogP contribution in [0.4, 0.5) is 0 Å². The van der Waals surface area contributed by atoms with E-state index in [-0.39, 0.29) is 11.8 Å². The molecule has 6 nitrogen and oxygen atoms in total. The molecule has 1 amide bonds. The van der Waals surface area contributed by atoms with Gasteiger partial charge in [0.2, 0.25) is 5.91 Å². The minimum Gasteiger partial charge on any atom is -0.480 e. The number of carbonyl (C=O) groups is 2. The van der Waals surface area contributed by atoms with Gasteiger partial charge in [-0.1, -0.05) is 6.92 Å². The molecule has 1 saturated heterocycles. The van der Waals surface area contributed by atoms with E-state index >= 15 is 0 Å². The second kappa shape index (κ2) is 6.70. The number of hydrogen-bond acceptors (Lipinski definition) is 4. The fourth-order valence-electron chi connectivity index (χ4n) is 2.37. The lowest BCUT2D eigenvalue weighted by molar-refractivity contribution is -0.145. The SMILES string of the molecule is COCCNC(=O)C(C)N1CCC(C)C1C(=O)O. The number of amides is 1. The molecule has 3 atom stereocenters. The van der Waals surface area contributed by atoms with Crippen molar-refractivity contribution in [2.75, 3.05) is 26.8 Å². The zero-order valence-electron chi connectivity index (χ0n) is 11.2. The molecule has 1 fully saturated rings. The van der Waals surface area contributed by atoms with Gasteiger partial charge < -0.3 is 15.2 Å². The third kappa shape index (κ3) is 3.43. The van der Waals surface area contributed by atoms with Crippen molar-refractivity contribution >= 4 is 11.9 Å². The fourth-order valence-corrected chi connectivity index (χ4v) is 2.37. The maximum absolute atomic E-state index is 11.9. The Hall–Kier alpha value is -1.14. The van der Waals surface area contributed by atoms with Gasteiger partial charge in [0.15, 0.2) is 0 Å². The summed E-state index contributed by atoms with van der Waals surface area (Å²) in [7, 11) is 1.57. The van der Waals surface area contributed by atoms with Crippen LogP contribution in [0.15, 0.2) is 0 Å². The van der Waals surface area contributed by atoms with Gasteiger partial charge in [0.05, 0.1) is 12.6 Å². The number of likely N-dealkylation sites (tertiary alicyclic amines) is 1. The minimum absolute atomic E-state index is 0.0803. The van der Waals surface area contributed by atoms with Crippen LogP contribution < -0.4 is 5.32 Å². The Bertz CT molecular complexity index is 308. The summed E-state index contributed by atoms with van der Waals surface area (Å²) in [4.78, 5) is 24.9. The number of carbonyl (C=O) groups excluding carboxylic acids is 1. The molecule has 18 heavy (non-hydrogen) atoms. The first-order valence-electron chi connectivity index (χ1n) is 6.24. The van der Waals surface area contributed by atoms with E-state index in [2.05, 4.69) is 5.32 Å². The molecule has 0 bridgehead atoms. The van der Waals surface area contributed by atoms with Crippen molar-refractivity contribution in [3.8, 4) is 0 Å². The Morgan fingerprint density at radius 2 is 2.22 bits per heavy atom. The maximum atomic E-state index is 11.9. The molecule has 1 heterocycles. The molecule has 2 N–H and O–H groups in total. The molecule has 0 aliphatic carbocycles. The van der Waals surface area contributed by atoms with Gasteiger partial charge in [-0.25, -0.2) is 0 Å². The van der Waals surface area contributed by atoms with Crippen molar-refractivity contribution in [2.45, 2.75) is 32.4 Å². The van der Waals surface area contributed by atoms with Gasteiger partial charge in [0, 0.05) is 20.2 Å². The highest BCUT2D eigenvalue weighted by Crippen LogP contribution is 2.26. The van der Waals surface area contributed by atoms with E-state index in [0.717, 1.165) is 6.42 Å². The summed E-state index contributed by atoms with van der Waals surface area (Å²) >= 11 is 0. The van der Waals surface area contributed by atoms with Crippen LogP contribution in [-0.2, 0) is 14.3 Å². The Kier molecular flexibility index (Phi) is 5.55. The van der Waals surface area contributed by atoms with Crippen molar-refractivity contribution in [2.24, 2.45) is 5.92 Å².